The molecule has 0 bridgehead atoms. The lowest BCUT2D eigenvalue weighted by molar-refractivity contribution is -0.148. The first kappa shape index (κ1) is 16.7. The molecular formula is C14H26N2O4S. The third-order valence-corrected chi connectivity index (χ3v) is 5.64. The fraction of sp³-hybridized carbons (Fsp3) is 0.929. The number of piperidine rings is 1. The van der Waals surface area contributed by atoms with Crippen molar-refractivity contribution in [3.8, 4) is 0 Å². The van der Waals surface area contributed by atoms with Crippen molar-refractivity contribution in [2.75, 3.05) is 39.0 Å². The van der Waals surface area contributed by atoms with E-state index in [1.807, 2.05) is 6.92 Å². The van der Waals surface area contributed by atoms with Crippen LogP contribution in [0.5, 0.6) is 0 Å². The van der Waals surface area contributed by atoms with Gasteiger partial charge in [-0.1, -0.05) is 0 Å². The molecule has 2 unspecified atom stereocenters. The van der Waals surface area contributed by atoms with E-state index in [0.29, 0.717) is 25.6 Å². The van der Waals surface area contributed by atoms with Crippen molar-refractivity contribution in [2.24, 2.45) is 5.92 Å². The van der Waals surface area contributed by atoms with Gasteiger partial charge in [0, 0.05) is 19.6 Å². The molecular weight excluding hydrogens is 292 g/mol. The van der Waals surface area contributed by atoms with Gasteiger partial charge in [0.2, 0.25) is 10.0 Å². The highest BCUT2D eigenvalue weighted by atomic mass is 32.2. The van der Waals surface area contributed by atoms with Crippen molar-refractivity contribution >= 4 is 16.0 Å². The molecule has 0 spiro atoms. The first-order valence-electron chi connectivity index (χ1n) is 7.77. The third kappa shape index (κ3) is 4.40. The Morgan fingerprint density at radius 1 is 1.24 bits per heavy atom. The Morgan fingerprint density at radius 2 is 1.95 bits per heavy atom. The number of carbonyl (C=O) groups excluding carboxylic acids is 1. The summed E-state index contributed by atoms with van der Waals surface area (Å²) in [7, 11) is -3.11. The number of sulfonamides is 1. The Hall–Kier alpha value is -0.660. The molecule has 2 rings (SSSR count). The van der Waals surface area contributed by atoms with E-state index in [9.17, 15) is 13.2 Å². The Morgan fingerprint density at radius 3 is 2.62 bits per heavy atom. The lowest BCUT2D eigenvalue weighted by Crippen LogP contribution is -2.46. The molecule has 0 aromatic rings. The predicted molar refractivity (Wildman–Crippen MR) is 80.4 cm³/mol. The van der Waals surface area contributed by atoms with Gasteiger partial charge < -0.3 is 4.74 Å². The SMILES string of the molecule is CCOC(=O)C1CCCN1CC1CCCN(S(C)(=O)=O)C1. The minimum Gasteiger partial charge on any atom is -0.465 e. The quantitative estimate of drug-likeness (QED) is 0.698. The van der Waals surface area contributed by atoms with E-state index in [1.54, 1.807) is 4.31 Å². The molecule has 0 aliphatic carbocycles. The number of likely N-dealkylation sites (tertiary alicyclic amines) is 1. The Balaban J connectivity index is 1.92. The van der Waals surface area contributed by atoms with Crippen LogP contribution >= 0.6 is 0 Å². The summed E-state index contributed by atoms with van der Waals surface area (Å²) >= 11 is 0. The van der Waals surface area contributed by atoms with E-state index < -0.39 is 10.0 Å². The molecule has 6 nitrogen and oxygen atoms in total. The molecule has 0 radical (unpaired) electrons. The summed E-state index contributed by atoms with van der Waals surface area (Å²) in [4.78, 5) is 14.1. The number of carbonyl (C=O) groups is 1. The van der Waals surface area contributed by atoms with E-state index in [4.69, 9.17) is 4.74 Å². The zero-order chi connectivity index (χ0) is 15.5. The van der Waals surface area contributed by atoms with Gasteiger partial charge in [-0.3, -0.25) is 9.69 Å². The van der Waals surface area contributed by atoms with Gasteiger partial charge in [-0.05, 0) is 45.1 Å². The van der Waals surface area contributed by atoms with Crippen LogP contribution in [0.1, 0.15) is 32.6 Å². The minimum absolute atomic E-state index is 0.134. The van der Waals surface area contributed by atoms with Crippen LogP contribution in [0.2, 0.25) is 0 Å². The molecule has 7 heteroatoms. The number of esters is 1. The van der Waals surface area contributed by atoms with Crippen LogP contribution in [0.3, 0.4) is 0 Å². The van der Waals surface area contributed by atoms with Crippen molar-refractivity contribution in [1.82, 2.24) is 9.21 Å². The summed E-state index contributed by atoms with van der Waals surface area (Å²) in [5, 5.41) is 0. The van der Waals surface area contributed by atoms with E-state index in [0.717, 1.165) is 38.8 Å². The highest BCUT2D eigenvalue weighted by Crippen LogP contribution is 2.25. The Bertz CT molecular complexity index is 466. The fourth-order valence-electron chi connectivity index (χ4n) is 3.36. The zero-order valence-corrected chi connectivity index (χ0v) is 13.8. The maximum Gasteiger partial charge on any atom is 0.323 e. The molecule has 0 aromatic heterocycles. The standard InChI is InChI=1S/C14H26N2O4S/c1-3-20-14(17)13-7-5-8-15(13)10-12-6-4-9-16(11-12)21(2,18)19/h12-13H,3-11H2,1-2H3. The Labute approximate surface area is 127 Å². The summed E-state index contributed by atoms with van der Waals surface area (Å²) < 4.78 is 30.0. The number of hydrogen-bond donors (Lipinski definition) is 0. The molecule has 2 heterocycles. The molecule has 2 saturated heterocycles. The normalized spacial score (nSPS) is 28.7. The molecule has 0 N–H and O–H groups in total. The van der Waals surface area contributed by atoms with E-state index in [-0.39, 0.29) is 12.0 Å². The van der Waals surface area contributed by atoms with E-state index >= 15 is 0 Å². The monoisotopic (exact) mass is 318 g/mol. The maximum atomic E-state index is 12.0. The topological polar surface area (TPSA) is 66.9 Å². The number of ether oxygens (including phenoxy) is 1. The average Bonchev–Trinajstić information content (AvgIpc) is 2.86. The first-order valence-corrected chi connectivity index (χ1v) is 9.62. The lowest BCUT2D eigenvalue weighted by Gasteiger charge is -2.34. The Kier molecular flexibility index (Phi) is 5.62. The number of rotatable bonds is 5. The van der Waals surface area contributed by atoms with Gasteiger partial charge in [-0.25, -0.2) is 12.7 Å². The number of nitrogens with zero attached hydrogens (tertiary/aromatic N) is 2. The van der Waals surface area contributed by atoms with Gasteiger partial charge in [-0.2, -0.15) is 0 Å². The van der Waals surface area contributed by atoms with Crippen LogP contribution in [-0.2, 0) is 19.6 Å². The van der Waals surface area contributed by atoms with Gasteiger partial charge in [0.05, 0.1) is 12.9 Å². The van der Waals surface area contributed by atoms with Crippen LogP contribution in [0.4, 0.5) is 0 Å². The molecule has 2 fully saturated rings. The van der Waals surface area contributed by atoms with Crippen LogP contribution in [-0.4, -0.2) is 68.7 Å². The second-order valence-electron chi connectivity index (χ2n) is 6.03. The van der Waals surface area contributed by atoms with Gasteiger partial charge in [0.1, 0.15) is 6.04 Å². The smallest absolute Gasteiger partial charge is 0.323 e. The van der Waals surface area contributed by atoms with Gasteiger partial charge in [-0.15, -0.1) is 0 Å². The predicted octanol–water partition coefficient (Wildman–Crippen LogP) is 0.686. The molecule has 2 aliphatic heterocycles. The molecule has 0 aromatic carbocycles. The van der Waals surface area contributed by atoms with Crippen LogP contribution in [0, 0.1) is 5.92 Å². The van der Waals surface area contributed by atoms with Crippen LogP contribution in [0.25, 0.3) is 0 Å². The summed E-state index contributed by atoms with van der Waals surface area (Å²) in [6, 6.07) is -0.140. The third-order valence-electron chi connectivity index (χ3n) is 4.37. The first-order chi connectivity index (χ1) is 9.91. The zero-order valence-electron chi connectivity index (χ0n) is 13.0. The minimum atomic E-state index is -3.11. The van der Waals surface area contributed by atoms with Crippen molar-refractivity contribution < 1.29 is 17.9 Å². The second kappa shape index (κ2) is 7.07. The summed E-state index contributed by atoms with van der Waals surface area (Å²) in [5.74, 6) is 0.175. The summed E-state index contributed by atoms with van der Waals surface area (Å²) in [6.07, 6.45) is 5.05. The van der Waals surface area contributed by atoms with Crippen molar-refractivity contribution in [3.05, 3.63) is 0 Å². The van der Waals surface area contributed by atoms with Crippen molar-refractivity contribution in [2.45, 2.75) is 38.6 Å². The van der Waals surface area contributed by atoms with Gasteiger partial charge in [0.25, 0.3) is 0 Å². The second-order valence-corrected chi connectivity index (χ2v) is 8.02. The van der Waals surface area contributed by atoms with E-state index in [2.05, 4.69) is 4.90 Å². The molecule has 2 aliphatic rings. The van der Waals surface area contributed by atoms with Crippen LogP contribution in [0.15, 0.2) is 0 Å². The molecule has 2 atom stereocenters. The van der Waals surface area contributed by atoms with Gasteiger partial charge in [0.15, 0.2) is 0 Å². The highest BCUT2D eigenvalue weighted by molar-refractivity contribution is 7.88. The van der Waals surface area contributed by atoms with Crippen LogP contribution < -0.4 is 0 Å². The summed E-state index contributed by atoms with van der Waals surface area (Å²) in [5.41, 5.74) is 0. The molecule has 21 heavy (non-hydrogen) atoms. The molecule has 0 amide bonds. The maximum absolute atomic E-state index is 12.0. The summed E-state index contributed by atoms with van der Waals surface area (Å²) in [6.45, 7) is 5.12. The molecule has 122 valence electrons. The molecule has 0 saturated carbocycles. The van der Waals surface area contributed by atoms with Crippen molar-refractivity contribution in [1.29, 1.82) is 0 Å². The highest BCUT2D eigenvalue weighted by Gasteiger charge is 2.35. The van der Waals surface area contributed by atoms with E-state index in [1.165, 1.54) is 6.26 Å². The largest absolute Gasteiger partial charge is 0.465 e. The number of hydrogen-bond acceptors (Lipinski definition) is 5. The van der Waals surface area contributed by atoms with Gasteiger partial charge >= 0.3 is 5.97 Å². The average molecular weight is 318 g/mol. The fourth-order valence-corrected chi connectivity index (χ4v) is 4.30. The lowest BCUT2D eigenvalue weighted by atomic mass is 9.98. The van der Waals surface area contributed by atoms with Crippen molar-refractivity contribution in [3.63, 3.8) is 0 Å².